The van der Waals surface area contributed by atoms with Crippen LogP contribution in [0.15, 0.2) is 0 Å². The maximum atomic E-state index is 12.6. The molecular weight excluding hydrogens is 278 g/mol. The number of sulfonamides is 1. The van der Waals surface area contributed by atoms with E-state index in [0.29, 0.717) is 13.0 Å². The van der Waals surface area contributed by atoms with Gasteiger partial charge in [0.1, 0.15) is 0 Å². The summed E-state index contributed by atoms with van der Waals surface area (Å²) in [6.45, 7) is 2.74. The van der Waals surface area contributed by atoms with Crippen LogP contribution in [0.4, 0.5) is 0 Å². The van der Waals surface area contributed by atoms with Crippen molar-refractivity contribution in [1.29, 1.82) is 0 Å². The summed E-state index contributed by atoms with van der Waals surface area (Å²) in [6, 6.07) is -0.0910. The summed E-state index contributed by atoms with van der Waals surface area (Å²) in [5.41, 5.74) is 0. The Bertz CT molecular complexity index is 407. The summed E-state index contributed by atoms with van der Waals surface area (Å²) < 4.78 is 26.8. The van der Waals surface area contributed by atoms with E-state index in [1.54, 1.807) is 4.31 Å². The minimum Gasteiger partial charge on any atom is -0.392 e. The van der Waals surface area contributed by atoms with Crippen molar-refractivity contribution in [3.05, 3.63) is 0 Å². The number of aliphatic hydroxyl groups excluding tert-OH is 1. The van der Waals surface area contributed by atoms with Gasteiger partial charge in [0.2, 0.25) is 10.0 Å². The van der Waals surface area contributed by atoms with Crippen LogP contribution in [0.5, 0.6) is 0 Å². The predicted octanol–water partition coefficient (Wildman–Crippen LogP) is -0.687. The van der Waals surface area contributed by atoms with Crippen molar-refractivity contribution in [1.82, 2.24) is 14.5 Å². The van der Waals surface area contributed by atoms with Gasteiger partial charge in [0, 0.05) is 19.1 Å². The van der Waals surface area contributed by atoms with Crippen LogP contribution in [0.25, 0.3) is 0 Å². The Labute approximate surface area is 122 Å². The van der Waals surface area contributed by atoms with Gasteiger partial charge in [-0.05, 0) is 52.4 Å². The quantitative estimate of drug-likeness (QED) is 0.704. The van der Waals surface area contributed by atoms with E-state index in [1.165, 1.54) is 0 Å². The number of β-amino-alcohol motifs (C(OH)–C–C–N with tert-alkyl or cyclic N) is 1. The van der Waals surface area contributed by atoms with Gasteiger partial charge >= 0.3 is 0 Å². The van der Waals surface area contributed by atoms with Crippen LogP contribution >= 0.6 is 0 Å². The van der Waals surface area contributed by atoms with Gasteiger partial charge in [0.25, 0.3) is 0 Å². The molecule has 0 amide bonds. The second-order valence-corrected chi connectivity index (χ2v) is 8.31. The van der Waals surface area contributed by atoms with E-state index in [2.05, 4.69) is 5.32 Å². The first-order chi connectivity index (χ1) is 9.38. The van der Waals surface area contributed by atoms with Gasteiger partial charge in [-0.25, -0.2) is 8.42 Å². The molecule has 2 atom stereocenters. The van der Waals surface area contributed by atoms with Crippen molar-refractivity contribution < 1.29 is 13.5 Å². The van der Waals surface area contributed by atoms with Gasteiger partial charge in [-0.15, -0.1) is 0 Å². The molecule has 0 aromatic heterocycles. The first-order valence-electron chi connectivity index (χ1n) is 7.41. The van der Waals surface area contributed by atoms with Gasteiger partial charge in [-0.2, -0.15) is 4.31 Å². The van der Waals surface area contributed by atoms with Crippen LogP contribution in [0, 0.1) is 5.92 Å². The molecule has 0 aliphatic carbocycles. The van der Waals surface area contributed by atoms with Gasteiger partial charge < -0.3 is 15.3 Å². The highest BCUT2D eigenvalue weighted by Crippen LogP contribution is 2.25. The number of nitrogens with zero attached hydrogens (tertiary/aromatic N) is 2. The average molecular weight is 305 g/mol. The van der Waals surface area contributed by atoms with E-state index in [0.717, 1.165) is 25.9 Å². The molecule has 0 saturated carbocycles. The summed E-state index contributed by atoms with van der Waals surface area (Å²) in [4.78, 5) is 1.98. The predicted molar refractivity (Wildman–Crippen MR) is 79.1 cm³/mol. The molecule has 0 spiro atoms. The highest BCUT2D eigenvalue weighted by molar-refractivity contribution is 7.89. The third-order valence-corrected chi connectivity index (χ3v) is 6.23. The monoisotopic (exact) mass is 305 g/mol. The van der Waals surface area contributed by atoms with E-state index >= 15 is 0 Å². The lowest BCUT2D eigenvalue weighted by Gasteiger charge is -2.29. The molecule has 2 unspecified atom stereocenters. The van der Waals surface area contributed by atoms with Gasteiger partial charge in [-0.1, -0.05) is 0 Å². The van der Waals surface area contributed by atoms with Crippen LogP contribution < -0.4 is 5.32 Å². The number of piperidine rings is 1. The van der Waals surface area contributed by atoms with Gasteiger partial charge in [-0.3, -0.25) is 0 Å². The Balaban J connectivity index is 2.02. The summed E-state index contributed by atoms with van der Waals surface area (Å²) in [7, 11) is 0.597. The lowest BCUT2D eigenvalue weighted by atomic mass is 10.0. The molecule has 7 heteroatoms. The maximum absolute atomic E-state index is 12.6. The molecule has 2 saturated heterocycles. The maximum Gasteiger partial charge on any atom is 0.214 e. The second kappa shape index (κ2) is 6.70. The Kier molecular flexibility index (Phi) is 5.42. The number of hydrogen-bond donors (Lipinski definition) is 2. The van der Waals surface area contributed by atoms with Crippen LogP contribution in [-0.2, 0) is 10.0 Å². The minimum absolute atomic E-state index is 0.0910. The first kappa shape index (κ1) is 16.2. The molecule has 2 aliphatic heterocycles. The number of aliphatic hydroxyl groups is 1. The minimum atomic E-state index is -3.27. The Hall–Kier alpha value is -0.210. The molecule has 2 N–H and O–H groups in total. The van der Waals surface area contributed by atoms with E-state index in [4.69, 9.17) is 0 Å². The Morgan fingerprint density at radius 2 is 1.95 bits per heavy atom. The molecule has 20 heavy (non-hydrogen) atoms. The zero-order chi connectivity index (χ0) is 14.8. The molecule has 0 radical (unpaired) electrons. The number of nitrogens with one attached hydrogen (secondary N) is 1. The number of hydrogen-bond acceptors (Lipinski definition) is 5. The van der Waals surface area contributed by atoms with Crippen LogP contribution in [0.3, 0.4) is 0 Å². The average Bonchev–Trinajstić information content (AvgIpc) is 2.71. The third-order valence-electron chi connectivity index (χ3n) is 4.18. The topological polar surface area (TPSA) is 72.9 Å². The summed E-state index contributed by atoms with van der Waals surface area (Å²) in [6.07, 6.45) is 1.87. The standard InChI is InChI=1S/C13H27N3O3S/c1-15(2)8-12-7-13(17)9-16(12)20(18,19)10-11-3-5-14-6-4-11/h11-14,17H,3-10H2,1-2H3. The Morgan fingerprint density at radius 1 is 1.30 bits per heavy atom. The highest BCUT2D eigenvalue weighted by atomic mass is 32.2. The van der Waals surface area contributed by atoms with Crippen LogP contribution in [0.1, 0.15) is 19.3 Å². The molecule has 6 nitrogen and oxygen atoms in total. The number of rotatable bonds is 5. The van der Waals surface area contributed by atoms with Crippen molar-refractivity contribution >= 4 is 10.0 Å². The normalized spacial score (nSPS) is 30.2. The van der Waals surface area contributed by atoms with Crippen LogP contribution in [0.2, 0.25) is 0 Å². The van der Waals surface area contributed by atoms with Gasteiger partial charge in [0.05, 0.1) is 11.9 Å². The molecule has 2 heterocycles. The molecule has 2 rings (SSSR count). The third kappa shape index (κ3) is 4.14. The summed E-state index contributed by atoms with van der Waals surface area (Å²) in [5.74, 6) is 0.477. The summed E-state index contributed by atoms with van der Waals surface area (Å²) in [5, 5.41) is 13.1. The van der Waals surface area contributed by atoms with Crippen molar-refractivity contribution in [2.45, 2.75) is 31.4 Å². The number of likely N-dealkylation sites (N-methyl/N-ethyl adjacent to an activating group) is 1. The Morgan fingerprint density at radius 3 is 2.55 bits per heavy atom. The van der Waals surface area contributed by atoms with Crippen molar-refractivity contribution in [3.63, 3.8) is 0 Å². The fourth-order valence-electron chi connectivity index (χ4n) is 3.23. The molecular formula is C13H27N3O3S. The largest absolute Gasteiger partial charge is 0.392 e. The SMILES string of the molecule is CN(C)CC1CC(O)CN1S(=O)(=O)CC1CCNCC1. The molecule has 2 fully saturated rings. The first-order valence-corrected chi connectivity index (χ1v) is 9.02. The zero-order valence-electron chi connectivity index (χ0n) is 12.5. The lowest BCUT2D eigenvalue weighted by Crippen LogP contribution is -2.44. The molecule has 0 aromatic carbocycles. The van der Waals surface area contributed by atoms with Gasteiger partial charge in [0.15, 0.2) is 0 Å². The van der Waals surface area contributed by atoms with E-state index in [1.807, 2.05) is 19.0 Å². The molecule has 118 valence electrons. The van der Waals surface area contributed by atoms with E-state index in [9.17, 15) is 13.5 Å². The zero-order valence-corrected chi connectivity index (χ0v) is 13.3. The molecule has 0 aromatic rings. The second-order valence-electron chi connectivity index (χ2n) is 6.35. The van der Waals surface area contributed by atoms with E-state index < -0.39 is 16.1 Å². The molecule has 0 bridgehead atoms. The highest BCUT2D eigenvalue weighted by Gasteiger charge is 2.39. The van der Waals surface area contributed by atoms with Crippen molar-refractivity contribution in [2.75, 3.05) is 46.0 Å². The fourth-order valence-corrected chi connectivity index (χ4v) is 5.36. The summed E-state index contributed by atoms with van der Waals surface area (Å²) >= 11 is 0. The van der Waals surface area contributed by atoms with Crippen molar-refractivity contribution in [2.24, 2.45) is 5.92 Å². The van der Waals surface area contributed by atoms with Crippen LogP contribution in [-0.4, -0.2) is 80.9 Å². The lowest BCUT2D eigenvalue weighted by molar-refractivity contribution is 0.188. The fraction of sp³-hybridized carbons (Fsp3) is 1.00. The van der Waals surface area contributed by atoms with E-state index in [-0.39, 0.29) is 24.3 Å². The molecule has 2 aliphatic rings. The van der Waals surface area contributed by atoms with Crippen molar-refractivity contribution in [3.8, 4) is 0 Å². The smallest absolute Gasteiger partial charge is 0.214 e.